The monoisotopic (exact) mass is 292 g/mol. The predicted molar refractivity (Wildman–Crippen MR) is 73.5 cm³/mol. The van der Waals surface area contributed by atoms with E-state index in [-0.39, 0.29) is 5.92 Å². The van der Waals surface area contributed by atoms with Crippen molar-refractivity contribution in [1.82, 2.24) is 9.03 Å². The van der Waals surface area contributed by atoms with Crippen LogP contribution in [0.2, 0.25) is 0 Å². The van der Waals surface area contributed by atoms with Crippen LogP contribution in [0.4, 0.5) is 4.79 Å². The van der Waals surface area contributed by atoms with Gasteiger partial charge in [0.25, 0.3) is 0 Å². The molecule has 1 heterocycles. The molecule has 0 spiro atoms. The molecule has 7 heteroatoms. The van der Waals surface area contributed by atoms with Gasteiger partial charge in [0.05, 0.1) is 5.60 Å². The number of carbonyl (C=O) groups excluding carboxylic acids is 1. The Morgan fingerprint density at radius 2 is 1.95 bits per heavy atom. The second-order valence-electron chi connectivity index (χ2n) is 6.38. The van der Waals surface area contributed by atoms with Crippen molar-refractivity contribution in [2.45, 2.75) is 52.2 Å². The maximum Gasteiger partial charge on any atom is 0.420 e. The van der Waals surface area contributed by atoms with Crippen molar-refractivity contribution in [3.8, 4) is 0 Å². The van der Waals surface area contributed by atoms with E-state index in [1.807, 2.05) is 0 Å². The highest BCUT2D eigenvalue weighted by Crippen LogP contribution is 2.27. The van der Waals surface area contributed by atoms with Crippen molar-refractivity contribution in [3.05, 3.63) is 0 Å². The first kappa shape index (κ1) is 16.4. The van der Waals surface area contributed by atoms with Gasteiger partial charge < -0.3 is 9.84 Å². The van der Waals surface area contributed by atoms with Crippen molar-refractivity contribution in [2.24, 2.45) is 5.92 Å². The number of amides is 1. The fraction of sp³-hybridized carbons (Fsp3) is 0.917. The first-order chi connectivity index (χ1) is 8.49. The summed E-state index contributed by atoms with van der Waals surface area (Å²) < 4.78 is 20.9. The number of nitrogens with one attached hydrogen (secondary N) is 1. The molecule has 2 atom stereocenters. The van der Waals surface area contributed by atoms with Gasteiger partial charge in [0.15, 0.2) is 0 Å². The van der Waals surface area contributed by atoms with Crippen LogP contribution < -0.4 is 4.72 Å². The summed E-state index contributed by atoms with van der Waals surface area (Å²) in [6, 6.07) is 0. The SMILES string of the molecule is CC(C)(C)OC(=O)NS(=O)N1CCC(C(C)(C)O)C1. The minimum atomic E-state index is -1.62. The molecule has 1 amide bonds. The van der Waals surface area contributed by atoms with Gasteiger partial charge in [-0.2, -0.15) is 0 Å². The zero-order chi connectivity index (χ0) is 14.8. The van der Waals surface area contributed by atoms with Crippen LogP contribution in [0, 0.1) is 5.92 Å². The number of rotatable bonds is 3. The van der Waals surface area contributed by atoms with Gasteiger partial charge in [-0.05, 0) is 41.0 Å². The Balaban J connectivity index is 2.46. The van der Waals surface area contributed by atoms with Gasteiger partial charge in [0, 0.05) is 19.0 Å². The molecule has 1 fully saturated rings. The minimum absolute atomic E-state index is 0.0527. The Kier molecular flexibility index (Phi) is 4.97. The summed E-state index contributed by atoms with van der Waals surface area (Å²) in [7, 11) is 0. The van der Waals surface area contributed by atoms with E-state index in [0.29, 0.717) is 13.1 Å². The molecule has 19 heavy (non-hydrogen) atoms. The number of hydrogen-bond donors (Lipinski definition) is 2. The van der Waals surface area contributed by atoms with E-state index >= 15 is 0 Å². The molecule has 1 saturated heterocycles. The van der Waals surface area contributed by atoms with Crippen LogP contribution in [0.3, 0.4) is 0 Å². The predicted octanol–water partition coefficient (Wildman–Crippen LogP) is 1.18. The van der Waals surface area contributed by atoms with E-state index in [2.05, 4.69) is 4.72 Å². The van der Waals surface area contributed by atoms with Crippen LogP contribution >= 0.6 is 0 Å². The van der Waals surface area contributed by atoms with Crippen molar-refractivity contribution < 1.29 is 18.8 Å². The van der Waals surface area contributed by atoms with E-state index in [1.54, 1.807) is 38.9 Å². The second kappa shape index (κ2) is 5.76. The lowest BCUT2D eigenvalue weighted by molar-refractivity contribution is 0.0237. The van der Waals surface area contributed by atoms with E-state index < -0.39 is 28.5 Å². The van der Waals surface area contributed by atoms with Crippen LogP contribution in [0.25, 0.3) is 0 Å². The first-order valence-corrected chi connectivity index (χ1v) is 7.48. The number of carbonyl (C=O) groups is 1. The zero-order valence-electron chi connectivity index (χ0n) is 12.2. The maximum absolute atomic E-state index is 12.0. The summed E-state index contributed by atoms with van der Waals surface area (Å²) in [5, 5.41) is 9.91. The Morgan fingerprint density at radius 3 is 2.37 bits per heavy atom. The van der Waals surface area contributed by atoms with Gasteiger partial charge in [-0.15, -0.1) is 0 Å². The zero-order valence-corrected chi connectivity index (χ0v) is 13.0. The second-order valence-corrected chi connectivity index (χ2v) is 7.60. The molecule has 1 rings (SSSR count). The van der Waals surface area contributed by atoms with Crippen LogP contribution in [-0.4, -0.2) is 44.0 Å². The molecule has 1 aliphatic heterocycles. The van der Waals surface area contributed by atoms with Crippen molar-refractivity contribution >= 4 is 17.3 Å². The van der Waals surface area contributed by atoms with Crippen LogP contribution in [0.1, 0.15) is 41.0 Å². The van der Waals surface area contributed by atoms with Crippen molar-refractivity contribution in [2.75, 3.05) is 13.1 Å². The fourth-order valence-corrected chi connectivity index (χ4v) is 2.79. The van der Waals surface area contributed by atoms with Gasteiger partial charge in [-0.1, -0.05) is 0 Å². The molecule has 0 aromatic heterocycles. The smallest absolute Gasteiger partial charge is 0.420 e. The summed E-state index contributed by atoms with van der Waals surface area (Å²) in [6.07, 6.45) is 0.0585. The third kappa shape index (κ3) is 5.46. The summed E-state index contributed by atoms with van der Waals surface area (Å²) in [5.74, 6) is 0.0527. The number of nitrogens with zero attached hydrogens (tertiary/aromatic N) is 1. The molecule has 0 bridgehead atoms. The standard InChI is InChI=1S/C12H24N2O4S/c1-11(2,3)18-10(15)13-19(17)14-7-6-9(8-14)12(4,5)16/h9,16H,6-8H2,1-5H3,(H,13,15). The largest absolute Gasteiger partial charge is 0.443 e. The Hall–Kier alpha value is -0.660. The lowest BCUT2D eigenvalue weighted by atomic mass is 9.91. The van der Waals surface area contributed by atoms with Crippen molar-refractivity contribution in [1.29, 1.82) is 0 Å². The van der Waals surface area contributed by atoms with Gasteiger partial charge in [-0.25, -0.2) is 18.0 Å². The van der Waals surface area contributed by atoms with Crippen LogP contribution in [0.5, 0.6) is 0 Å². The summed E-state index contributed by atoms with van der Waals surface area (Å²) in [6.45, 7) is 9.79. The molecule has 1 aliphatic rings. The van der Waals surface area contributed by atoms with E-state index in [4.69, 9.17) is 4.74 Å². The fourth-order valence-electron chi connectivity index (χ4n) is 1.89. The summed E-state index contributed by atoms with van der Waals surface area (Å²) >= 11 is -1.62. The number of ether oxygens (including phenoxy) is 1. The Morgan fingerprint density at radius 1 is 1.37 bits per heavy atom. The molecule has 0 aliphatic carbocycles. The lowest BCUT2D eigenvalue weighted by Gasteiger charge is -2.25. The minimum Gasteiger partial charge on any atom is -0.443 e. The maximum atomic E-state index is 12.0. The van der Waals surface area contributed by atoms with E-state index in [1.165, 1.54) is 0 Å². The molecular weight excluding hydrogens is 268 g/mol. The molecule has 112 valence electrons. The number of hydrogen-bond acceptors (Lipinski definition) is 4. The molecule has 2 unspecified atom stereocenters. The highest BCUT2D eigenvalue weighted by molar-refractivity contribution is 7.81. The topological polar surface area (TPSA) is 78.9 Å². The van der Waals surface area contributed by atoms with Crippen LogP contribution in [0.15, 0.2) is 0 Å². The van der Waals surface area contributed by atoms with Gasteiger partial charge in [0.1, 0.15) is 5.60 Å². The van der Waals surface area contributed by atoms with Gasteiger partial charge in [-0.3, -0.25) is 0 Å². The molecule has 6 nitrogen and oxygen atoms in total. The van der Waals surface area contributed by atoms with E-state index in [9.17, 15) is 14.1 Å². The third-order valence-corrected chi connectivity index (χ3v) is 4.10. The Bertz CT molecular complexity index is 360. The molecule has 0 saturated carbocycles. The lowest BCUT2D eigenvalue weighted by Crippen LogP contribution is -2.41. The summed E-state index contributed by atoms with van der Waals surface area (Å²) in [5.41, 5.74) is -1.42. The first-order valence-electron chi connectivity index (χ1n) is 6.38. The third-order valence-electron chi connectivity index (χ3n) is 2.95. The average Bonchev–Trinajstić information content (AvgIpc) is 2.61. The van der Waals surface area contributed by atoms with Gasteiger partial charge >= 0.3 is 6.09 Å². The molecular formula is C12H24N2O4S. The normalized spacial score (nSPS) is 23.2. The molecule has 0 aromatic carbocycles. The molecule has 0 radical (unpaired) electrons. The van der Waals surface area contributed by atoms with Crippen molar-refractivity contribution in [3.63, 3.8) is 0 Å². The molecule has 2 N–H and O–H groups in total. The van der Waals surface area contributed by atoms with Crippen LogP contribution in [-0.2, 0) is 15.9 Å². The Labute approximate surface area is 117 Å². The summed E-state index contributed by atoms with van der Waals surface area (Å²) in [4.78, 5) is 11.5. The quantitative estimate of drug-likeness (QED) is 0.819. The number of aliphatic hydroxyl groups is 1. The highest BCUT2D eigenvalue weighted by Gasteiger charge is 2.36. The average molecular weight is 292 g/mol. The molecule has 0 aromatic rings. The van der Waals surface area contributed by atoms with E-state index in [0.717, 1.165) is 6.42 Å². The van der Waals surface area contributed by atoms with Gasteiger partial charge in [0.2, 0.25) is 11.2 Å². The highest BCUT2D eigenvalue weighted by atomic mass is 32.2.